The van der Waals surface area contributed by atoms with Crippen molar-refractivity contribution in [3.05, 3.63) is 71.8 Å². The Morgan fingerprint density at radius 1 is 0.812 bits per heavy atom. The van der Waals surface area contributed by atoms with Gasteiger partial charge in [-0.15, -0.1) is 0 Å². The molecule has 0 heterocycles. The van der Waals surface area contributed by atoms with Crippen LogP contribution in [0.3, 0.4) is 0 Å². The third-order valence-corrected chi connectivity index (χ3v) is 3.74. The second-order valence-electron chi connectivity index (χ2n) is 3.70. The van der Waals surface area contributed by atoms with E-state index in [2.05, 4.69) is 0 Å². The van der Waals surface area contributed by atoms with Gasteiger partial charge in [0.2, 0.25) is 0 Å². The van der Waals surface area contributed by atoms with Crippen LogP contribution in [-0.2, 0) is 10.8 Å². The molecule has 16 heavy (non-hydrogen) atoms. The first-order chi connectivity index (χ1) is 7.79. The predicted molar refractivity (Wildman–Crippen MR) is 68.8 cm³/mol. The summed E-state index contributed by atoms with van der Waals surface area (Å²) in [5.74, 6) is 0. The molecule has 0 amide bonds. The summed E-state index contributed by atoms with van der Waals surface area (Å²) in [5, 5.41) is -0.0256. The lowest BCUT2D eigenvalue weighted by atomic mass is 10.0. The molecule has 82 valence electrons. The van der Waals surface area contributed by atoms with Gasteiger partial charge in [0, 0.05) is 17.1 Å². The Bertz CT molecular complexity index is 425. The van der Waals surface area contributed by atoms with Crippen LogP contribution in [0.1, 0.15) is 16.4 Å². The van der Waals surface area contributed by atoms with E-state index in [1.807, 2.05) is 60.7 Å². The van der Waals surface area contributed by atoms with Gasteiger partial charge in [-0.1, -0.05) is 60.7 Å². The summed E-state index contributed by atoms with van der Waals surface area (Å²) < 4.78 is 11.9. The van der Waals surface area contributed by atoms with E-state index in [1.54, 1.807) is 6.26 Å². The molecule has 1 nitrogen and oxygen atoms in total. The van der Waals surface area contributed by atoms with Crippen LogP contribution in [0.15, 0.2) is 60.7 Å². The van der Waals surface area contributed by atoms with E-state index in [9.17, 15) is 4.21 Å². The van der Waals surface area contributed by atoms with Gasteiger partial charge in [-0.05, 0) is 11.1 Å². The minimum atomic E-state index is -0.905. The van der Waals surface area contributed by atoms with Gasteiger partial charge in [-0.25, -0.2) is 0 Å². The second kappa shape index (κ2) is 5.08. The maximum atomic E-state index is 11.9. The fourth-order valence-corrected chi connectivity index (χ4v) is 2.91. The molecule has 0 N–H and O–H groups in total. The standard InChI is InChI=1S/C14H14OS/c1-16(15)14(12-8-4-2-5-9-12)13-10-6-3-7-11-13/h2-11,14H,1H3/t16-/m1/s1. The van der Waals surface area contributed by atoms with Crippen molar-refractivity contribution in [2.24, 2.45) is 0 Å². The zero-order chi connectivity index (χ0) is 11.4. The van der Waals surface area contributed by atoms with Crippen molar-refractivity contribution in [1.29, 1.82) is 0 Å². The van der Waals surface area contributed by atoms with Crippen LogP contribution in [0.2, 0.25) is 0 Å². The molecule has 0 saturated carbocycles. The first-order valence-corrected chi connectivity index (χ1v) is 6.83. The van der Waals surface area contributed by atoms with Crippen molar-refractivity contribution in [1.82, 2.24) is 0 Å². The third-order valence-electron chi connectivity index (χ3n) is 2.54. The largest absolute Gasteiger partial charge is 0.259 e. The summed E-state index contributed by atoms with van der Waals surface area (Å²) in [6.07, 6.45) is 1.75. The molecule has 0 unspecified atom stereocenters. The fraction of sp³-hybridized carbons (Fsp3) is 0.143. The highest BCUT2D eigenvalue weighted by Crippen LogP contribution is 2.26. The Kier molecular flexibility index (Phi) is 3.52. The number of rotatable bonds is 3. The highest BCUT2D eigenvalue weighted by Gasteiger charge is 2.16. The SMILES string of the molecule is C[S@@](=O)C(c1ccccc1)c1ccccc1. The molecule has 0 aliphatic carbocycles. The van der Waals surface area contributed by atoms with Crippen LogP contribution in [0.4, 0.5) is 0 Å². The average molecular weight is 230 g/mol. The quantitative estimate of drug-likeness (QED) is 0.791. The fourth-order valence-electron chi connectivity index (χ4n) is 1.83. The molecule has 0 aliphatic rings. The maximum Gasteiger partial charge on any atom is 0.0843 e. The van der Waals surface area contributed by atoms with E-state index in [1.165, 1.54) is 0 Å². The van der Waals surface area contributed by atoms with Crippen molar-refractivity contribution in [2.45, 2.75) is 5.25 Å². The van der Waals surface area contributed by atoms with E-state index in [0.717, 1.165) is 11.1 Å². The van der Waals surface area contributed by atoms with E-state index in [-0.39, 0.29) is 5.25 Å². The van der Waals surface area contributed by atoms with E-state index in [4.69, 9.17) is 0 Å². The molecule has 2 aromatic carbocycles. The van der Waals surface area contributed by atoms with Crippen LogP contribution in [0.25, 0.3) is 0 Å². The molecule has 0 saturated heterocycles. The van der Waals surface area contributed by atoms with Crippen molar-refractivity contribution < 1.29 is 4.21 Å². The number of benzene rings is 2. The Morgan fingerprint density at radius 3 is 1.50 bits per heavy atom. The number of hydrogen-bond acceptors (Lipinski definition) is 1. The summed E-state index contributed by atoms with van der Waals surface area (Å²) >= 11 is 0. The molecular weight excluding hydrogens is 216 g/mol. The molecular formula is C14H14OS. The lowest BCUT2D eigenvalue weighted by Gasteiger charge is -2.14. The molecule has 2 rings (SSSR count). The monoisotopic (exact) mass is 230 g/mol. The van der Waals surface area contributed by atoms with Crippen LogP contribution < -0.4 is 0 Å². The molecule has 0 bridgehead atoms. The molecule has 1 atom stereocenters. The first kappa shape index (κ1) is 11.1. The van der Waals surface area contributed by atoms with Crippen LogP contribution in [0.5, 0.6) is 0 Å². The Labute approximate surface area is 98.6 Å². The summed E-state index contributed by atoms with van der Waals surface area (Å²) in [4.78, 5) is 0. The summed E-state index contributed by atoms with van der Waals surface area (Å²) in [7, 11) is -0.905. The van der Waals surface area contributed by atoms with Crippen molar-refractivity contribution in [3.63, 3.8) is 0 Å². The second-order valence-corrected chi connectivity index (χ2v) is 5.17. The van der Waals surface area contributed by atoms with Gasteiger partial charge in [-0.2, -0.15) is 0 Å². The zero-order valence-electron chi connectivity index (χ0n) is 9.17. The molecule has 0 fully saturated rings. The lowest BCUT2D eigenvalue weighted by Crippen LogP contribution is -2.06. The van der Waals surface area contributed by atoms with Crippen molar-refractivity contribution in [3.8, 4) is 0 Å². The highest BCUT2D eigenvalue weighted by atomic mass is 32.2. The van der Waals surface area contributed by atoms with Gasteiger partial charge in [0.05, 0.1) is 5.25 Å². The molecule has 0 radical (unpaired) electrons. The highest BCUT2D eigenvalue weighted by molar-refractivity contribution is 7.84. The van der Waals surface area contributed by atoms with Gasteiger partial charge in [0.25, 0.3) is 0 Å². The minimum absolute atomic E-state index is 0.0256. The average Bonchev–Trinajstić information content (AvgIpc) is 2.31. The molecule has 0 spiro atoms. The zero-order valence-corrected chi connectivity index (χ0v) is 9.98. The summed E-state index contributed by atoms with van der Waals surface area (Å²) in [6.45, 7) is 0. The third kappa shape index (κ3) is 2.39. The summed E-state index contributed by atoms with van der Waals surface area (Å²) in [5.41, 5.74) is 2.21. The molecule has 0 aliphatic heterocycles. The van der Waals surface area contributed by atoms with Gasteiger partial charge in [0.1, 0.15) is 0 Å². The van der Waals surface area contributed by atoms with Crippen LogP contribution >= 0.6 is 0 Å². The van der Waals surface area contributed by atoms with Gasteiger partial charge < -0.3 is 0 Å². The Hall–Kier alpha value is -1.41. The van der Waals surface area contributed by atoms with Crippen molar-refractivity contribution in [2.75, 3.05) is 6.26 Å². The van der Waals surface area contributed by atoms with Gasteiger partial charge in [0.15, 0.2) is 0 Å². The van der Waals surface area contributed by atoms with Crippen LogP contribution in [-0.4, -0.2) is 10.5 Å². The molecule has 0 aromatic heterocycles. The Balaban J connectivity index is 2.44. The van der Waals surface area contributed by atoms with Gasteiger partial charge in [-0.3, -0.25) is 4.21 Å². The summed E-state index contributed by atoms with van der Waals surface area (Å²) in [6, 6.07) is 20.0. The van der Waals surface area contributed by atoms with Gasteiger partial charge >= 0.3 is 0 Å². The van der Waals surface area contributed by atoms with E-state index < -0.39 is 10.8 Å². The normalized spacial score (nSPS) is 12.6. The number of hydrogen-bond donors (Lipinski definition) is 0. The first-order valence-electron chi connectivity index (χ1n) is 5.21. The Morgan fingerprint density at radius 2 is 1.19 bits per heavy atom. The predicted octanol–water partition coefficient (Wildman–Crippen LogP) is 3.15. The minimum Gasteiger partial charge on any atom is -0.259 e. The van der Waals surface area contributed by atoms with Crippen LogP contribution in [0, 0.1) is 0 Å². The maximum absolute atomic E-state index is 11.9. The molecule has 2 aromatic rings. The smallest absolute Gasteiger partial charge is 0.0843 e. The molecule has 2 heteroatoms. The topological polar surface area (TPSA) is 17.1 Å². The van der Waals surface area contributed by atoms with Crippen molar-refractivity contribution >= 4 is 10.8 Å². The van der Waals surface area contributed by atoms with E-state index >= 15 is 0 Å². The lowest BCUT2D eigenvalue weighted by molar-refractivity contribution is 0.682. The van der Waals surface area contributed by atoms with E-state index in [0.29, 0.717) is 0 Å².